The van der Waals surface area contributed by atoms with Gasteiger partial charge in [-0.15, -0.1) is 0 Å². The summed E-state index contributed by atoms with van der Waals surface area (Å²) >= 11 is 0. The molecule has 92 valence electrons. The van der Waals surface area contributed by atoms with Crippen molar-refractivity contribution in [1.82, 2.24) is 0 Å². The van der Waals surface area contributed by atoms with Gasteiger partial charge in [-0.05, 0) is 13.3 Å². The van der Waals surface area contributed by atoms with E-state index in [0.29, 0.717) is 6.42 Å². The van der Waals surface area contributed by atoms with Crippen LogP contribution in [0.1, 0.15) is 13.3 Å². The average Bonchev–Trinajstić information content (AvgIpc) is 2.41. The van der Waals surface area contributed by atoms with Gasteiger partial charge in [0.2, 0.25) is 0 Å². The maximum absolute atomic E-state index is 11.4. The summed E-state index contributed by atoms with van der Waals surface area (Å²) in [6.07, 6.45) is -0.197. The Morgan fingerprint density at radius 3 is 2.75 bits per heavy atom. The molecule has 16 heavy (non-hydrogen) atoms. The van der Waals surface area contributed by atoms with Crippen molar-refractivity contribution < 1.29 is 28.0 Å². The minimum Gasteiger partial charge on any atom is -0.382 e. The lowest BCUT2D eigenvalue weighted by atomic mass is 9.89. The fourth-order valence-electron chi connectivity index (χ4n) is 1.70. The van der Waals surface area contributed by atoms with Gasteiger partial charge in [0, 0.05) is 20.2 Å². The largest absolute Gasteiger partial charge is 0.472 e. The van der Waals surface area contributed by atoms with Crippen molar-refractivity contribution in [2.24, 2.45) is 0 Å². The van der Waals surface area contributed by atoms with Crippen molar-refractivity contribution in [3.63, 3.8) is 0 Å². The molecule has 1 unspecified atom stereocenters. The highest BCUT2D eigenvalue weighted by Crippen LogP contribution is 2.50. The molecule has 0 amide bonds. The molecule has 0 aromatic carbocycles. The molecule has 1 saturated heterocycles. The van der Waals surface area contributed by atoms with E-state index in [-0.39, 0.29) is 6.61 Å². The quantitative estimate of drug-likeness (QED) is 0.563. The molecular formula is C8H16BO6P. The molecule has 1 fully saturated rings. The smallest absolute Gasteiger partial charge is 0.382 e. The van der Waals surface area contributed by atoms with Crippen LogP contribution in [0.15, 0.2) is 0 Å². The topological polar surface area (TPSA) is 74.2 Å². The minimum absolute atomic E-state index is 0.230. The Labute approximate surface area is 96.2 Å². The molecule has 1 rings (SSSR count). The Hall–Kier alpha value is 0.0949. The van der Waals surface area contributed by atoms with Crippen molar-refractivity contribution in [1.29, 1.82) is 0 Å². The predicted molar refractivity (Wildman–Crippen MR) is 57.2 cm³/mol. The summed E-state index contributed by atoms with van der Waals surface area (Å²) in [6.45, 7) is 1.87. The van der Waals surface area contributed by atoms with Gasteiger partial charge in [0.15, 0.2) is 0 Å². The van der Waals surface area contributed by atoms with E-state index in [1.165, 1.54) is 7.11 Å². The molecule has 0 spiro atoms. The molecule has 0 aromatic rings. The molecule has 6 nitrogen and oxygen atoms in total. The summed E-state index contributed by atoms with van der Waals surface area (Å²) in [7, 11) is 4.16. The zero-order chi connectivity index (χ0) is 12.4. The van der Waals surface area contributed by atoms with Crippen LogP contribution in [0.3, 0.4) is 0 Å². The number of phosphoric ester groups is 1. The predicted octanol–water partition coefficient (Wildman–Crippen LogP) is 0.438. The Balaban J connectivity index is 2.76. The first-order valence-corrected chi connectivity index (χ1v) is 6.32. The highest BCUT2D eigenvalue weighted by atomic mass is 31.2. The van der Waals surface area contributed by atoms with Gasteiger partial charge < -0.3 is 14.4 Å². The zero-order valence-corrected chi connectivity index (χ0v) is 10.5. The van der Waals surface area contributed by atoms with E-state index in [4.69, 9.17) is 21.8 Å². The molecule has 1 aliphatic heterocycles. The van der Waals surface area contributed by atoms with Crippen molar-refractivity contribution in [3.05, 3.63) is 0 Å². The summed E-state index contributed by atoms with van der Waals surface area (Å²) < 4.78 is 31.1. The summed E-state index contributed by atoms with van der Waals surface area (Å²) in [4.78, 5) is 9.30. The third-order valence-electron chi connectivity index (χ3n) is 2.50. The minimum atomic E-state index is -4.07. The number of hydrogen-bond donors (Lipinski definition) is 1. The summed E-state index contributed by atoms with van der Waals surface area (Å²) in [6, 6.07) is -0.540. The molecule has 1 N–H and O–H groups in total. The van der Waals surface area contributed by atoms with Gasteiger partial charge in [0.25, 0.3) is 0 Å². The number of ether oxygens (including phenoxy) is 2. The molecule has 0 aliphatic carbocycles. The summed E-state index contributed by atoms with van der Waals surface area (Å²) in [5.41, 5.74) is -0.990. The van der Waals surface area contributed by atoms with Crippen LogP contribution in [-0.2, 0) is 23.1 Å². The average molecular weight is 250 g/mol. The van der Waals surface area contributed by atoms with Crippen LogP contribution in [-0.4, -0.2) is 51.3 Å². The number of methoxy groups -OCH3 is 1. The zero-order valence-electron chi connectivity index (χ0n) is 9.58. The standard InChI is InChI=1S/C8H16BO6P/c1-8(15-16(10,11)13-3)4-7(9)14-6(8)5-12-2/h6-7H,4-5H2,1-3H3,(H,10,11)/t6-,7-,8+/m1/s1. The van der Waals surface area contributed by atoms with Gasteiger partial charge in [-0.2, -0.15) is 0 Å². The molecule has 2 radical (unpaired) electrons. The fraction of sp³-hybridized carbons (Fsp3) is 1.00. The van der Waals surface area contributed by atoms with Gasteiger partial charge in [0.1, 0.15) is 19.6 Å². The highest BCUT2D eigenvalue weighted by Gasteiger charge is 2.48. The van der Waals surface area contributed by atoms with Crippen LogP contribution in [0.25, 0.3) is 0 Å². The van der Waals surface area contributed by atoms with Gasteiger partial charge >= 0.3 is 7.82 Å². The lowest BCUT2D eigenvalue weighted by molar-refractivity contribution is -0.0613. The van der Waals surface area contributed by atoms with E-state index in [2.05, 4.69) is 4.52 Å². The van der Waals surface area contributed by atoms with Crippen molar-refractivity contribution in [3.8, 4) is 0 Å². The van der Waals surface area contributed by atoms with Gasteiger partial charge in [-0.25, -0.2) is 4.57 Å². The van der Waals surface area contributed by atoms with Crippen LogP contribution >= 0.6 is 7.82 Å². The molecule has 0 aromatic heterocycles. The molecular weight excluding hydrogens is 234 g/mol. The SMILES string of the molecule is [B][C@H]1C[C@](C)(OP(=O)(O)OC)[C@@H](COC)O1. The van der Waals surface area contributed by atoms with E-state index in [9.17, 15) is 9.46 Å². The Kier molecular flexibility index (Phi) is 4.57. The number of hydrogen-bond acceptors (Lipinski definition) is 5. The van der Waals surface area contributed by atoms with Crippen LogP contribution in [0.5, 0.6) is 0 Å². The van der Waals surface area contributed by atoms with E-state index in [0.717, 1.165) is 7.11 Å². The first-order chi connectivity index (χ1) is 7.33. The van der Waals surface area contributed by atoms with Gasteiger partial charge in [0.05, 0.1) is 6.61 Å². The van der Waals surface area contributed by atoms with Crippen LogP contribution < -0.4 is 0 Å². The van der Waals surface area contributed by atoms with Gasteiger partial charge in [-0.3, -0.25) is 9.05 Å². The first-order valence-electron chi connectivity index (χ1n) is 4.82. The van der Waals surface area contributed by atoms with Crippen molar-refractivity contribution in [2.75, 3.05) is 20.8 Å². The lowest BCUT2D eigenvalue weighted by Gasteiger charge is -2.30. The number of phosphoric acid groups is 1. The highest BCUT2D eigenvalue weighted by molar-refractivity contribution is 7.47. The molecule has 0 bridgehead atoms. The third kappa shape index (κ3) is 3.29. The lowest BCUT2D eigenvalue weighted by Crippen LogP contribution is -2.40. The molecule has 8 heteroatoms. The van der Waals surface area contributed by atoms with Crippen LogP contribution in [0.4, 0.5) is 0 Å². The molecule has 1 heterocycles. The Bertz CT molecular complexity index is 288. The third-order valence-corrected chi connectivity index (χ3v) is 3.61. The molecule has 4 atom stereocenters. The van der Waals surface area contributed by atoms with E-state index in [1.807, 2.05) is 0 Å². The normalized spacial score (nSPS) is 38.5. The summed E-state index contributed by atoms with van der Waals surface area (Å²) in [5.74, 6) is 0. The van der Waals surface area contributed by atoms with Crippen molar-refractivity contribution >= 4 is 15.7 Å². The second kappa shape index (κ2) is 5.17. The Morgan fingerprint density at radius 2 is 2.25 bits per heavy atom. The summed E-state index contributed by atoms with van der Waals surface area (Å²) in [5, 5.41) is 0. The fourth-order valence-corrected chi connectivity index (χ4v) is 2.49. The monoisotopic (exact) mass is 250 g/mol. The number of rotatable bonds is 5. The maximum Gasteiger partial charge on any atom is 0.472 e. The first kappa shape index (κ1) is 14.2. The molecule has 0 saturated carbocycles. The van der Waals surface area contributed by atoms with Crippen molar-refractivity contribution in [2.45, 2.75) is 31.1 Å². The molecule has 1 aliphatic rings. The van der Waals surface area contributed by atoms with E-state index in [1.54, 1.807) is 6.92 Å². The Morgan fingerprint density at radius 1 is 1.62 bits per heavy atom. The second-order valence-corrected chi connectivity index (χ2v) is 5.36. The van der Waals surface area contributed by atoms with E-state index >= 15 is 0 Å². The van der Waals surface area contributed by atoms with Gasteiger partial charge in [-0.1, -0.05) is 0 Å². The van der Waals surface area contributed by atoms with Crippen LogP contribution in [0, 0.1) is 0 Å². The van der Waals surface area contributed by atoms with Crippen LogP contribution in [0.2, 0.25) is 0 Å². The maximum atomic E-state index is 11.4. The second-order valence-electron chi connectivity index (χ2n) is 3.88. The van der Waals surface area contributed by atoms with E-state index < -0.39 is 25.5 Å².